The number of carbonyl (C=O) groups excluding carboxylic acids is 1. The molecule has 4 rings (SSSR count). The van der Waals surface area contributed by atoms with Crippen LogP contribution < -0.4 is 0 Å². The number of benzene rings is 2. The van der Waals surface area contributed by atoms with E-state index < -0.39 is 0 Å². The molecule has 0 spiro atoms. The number of Topliss-reactive ketones (excluding diaryl/α,β-unsaturated/α-hetero) is 1. The van der Waals surface area contributed by atoms with Gasteiger partial charge in [0.25, 0.3) is 0 Å². The van der Waals surface area contributed by atoms with Crippen molar-refractivity contribution in [2.24, 2.45) is 23.7 Å². The van der Waals surface area contributed by atoms with Gasteiger partial charge in [-0.15, -0.1) is 0 Å². The fourth-order valence-electron chi connectivity index (χ4n) is 8.32. The van der Waals surface area contributed by atoms with E-state index in [9.17, 15) is 4.79 Å². The molecule has 0 saturated carbocycles. The molecule has 0 aromatic heterocycles. The first kappa shape index (κ1) is 31.1. The second-order valence-electron chi connectivity index (χ2n) is 16.8. The van der Waals surface area contributed by atoms with Gasteiger partial charge in [0.05, 0.1) is 0 Å². The molecule has 0 heterocycles. The predicted octanol–water partition coefficient (Wildman–Crippen LogP) is 9.85. The summed E-state index contributed by atoms with van der Waals surface area (Å²) in [5.74, 6) is 2.56. The maximum absolute atomic E-state index is 14.0. The van der Waals surface area contributed by atoms with Crippen LogP contribution in [0.3, 0.4) is 0 Å². The minimum absolute atomic E-state index is 0.104. The van der Waals surface area contributed by atoms with Gasteiger partial charge < -0.3 is 0 Å². The van der Waals surface area contributed by atoms with E-state index >= 15 is 0 Å². The second-order valence-corrected chi connectivity index (χ2v) is 16.8. The van der Waals surface area contributed by atoms with Crippen LogP contribution >= 0.6 is 0 Å². The quantitative estimate of drug-likeness (QED) is 0.324. The molecule has 2 aliphatic carbocycles. The lowest BCUT2D eigenvalue weighted by Gasteiger charge is -2.32. The fraction of sp³-hybridized carbons (Fsp3) is 0.667. The van der Waals surface area contributed by atoms with E-state index in [4.69, 9.17) is 0 Å². The summed E-state index contributed by atoms with van der Waals surface area (Å²) in [6.07, 6.45) is 3.12. The zero-order chi connectivity index (χ0) is 30.2. The molecule has 40 heavy (non-hydrogen) atoms. The van der Waals surface area contributed by atoms with Gasteiger partial charge in [-0.3, -0.25) is 4.79 Å². The molecule has 0 bridgehead atoms. The highest BCUT2D eigenvalue weighted by Gasteiger charge is 2.50. The molecular formula is C39H58O. The van der Waals surface area contributed by atoms with Crippen LogP contribution in [0.5, 0.6) is 0 Å². The molecule has 0 amide bonds. The standard InChI is InChI=1S/C39H58O/c1-23(2)15-27-19-32-34(38(11,12)25(5)36(32,7)8)21-29(27)17-31(40)18-30-22-35-33(20-28(30)16-24(3)4)37(9,10)26(6)39(35,13)14/h19-26H,15-18H2,1-14H3. The Labute approximate surface area is 246 Å². The third kappa shape index (κ3) is 5.03. The van der Waals surface area contributed by atoms with E-state index in [2.05, 4.69) is 121 Å². The SMILES string of the molecule is CC(C)Cc1cc2c(cc1CC(=O)Cc1cc3c(cc1CC(C)C)C(C)(C)C(C)C3(C)C)C(C)(C)C(C)C2(C)C. The summed E-state index contributed by atoms with van der Waals surface area (Å²) in [5, 5.41) is 0. The zero-order valence-electron chi connectivity index (χ0n) is 28.4. The minimum atomic E-state index is 0.104. The summed E-state index contributed by atoms with van der Waals surface area (Å²) >= 11 is 0. The third-order valence-electron chi connectivity index (χ3n) is 11.8. The number of rotatable bonds is 8. The molecule has 0 radical (unpaired) electrons. The lowest BCUT2D eigenvalue weighted by molar-refractivity contribution is -0.117. The van der Waals surface area contributed by atoms with Crippen molar-refractivity contribution >= 4 is 5.78 Å². The van der Waals surface area contributed by atoms with Gasteiger partial charge in [-0.1, -0.05) is 121 Å². The summed E-state index contributed by atoms with van der Waals surface area (Å²) in [6.45, 7) is 33.2. The van der Waals surface area contributed by atoms with Gasteiger partial charge in [0, 0.05) is 12.8 Å². The Morgan fingerprint density at radius 3 is 1.05 bits per heavy atom. The lowest BCUT2D eigenvalue weighted by atomic mass is 9.71. The number of carbonyl (C=O) groups is 1. The highest BCUT2D eigenvalue weighted by molar-refractivity contribution is 5.84. The lowest BCUT2D eigenvalue weighted by Crippen LogP contribution is -2.30. The summed E-state index contributed by atoms with van der Waals surface area (Å²) in [6, 6.07) is 9.83. The molecule has 2 unspecified atom stereocenters. The van der Waals surface area contributed by atoms with Gasteiger partial charge >= 0.3 is 0 Å². The van der Waals surface area contributed by atoms with Crippen molar-refractivity contribution in [3.8, 4) is 0 Å². The molecule has 2 atom stereocenters. The van der Waals surface area contributed by atoms with Crippen molar-refractivity contribution in [2.75, 3.05) is 0 Å². The molecular weight excluding hydrogens is 484 g/mol. The first-order valence-electron chi connectivity index (χ1n) is 16.1. The Balaban J connectivity index is 1.74. The molecule has 1 heteroatoms. The molecule has 220 valence electrons. The van der Waals surface area contributed by atoms with Crippen molar-refractivity contribution in [3.63, 3.8) is 0 Å². The van der Waals surface area contributed by atoms with E-state index in [1.165, 1.54) is 44.5 Å². The Morgan fingerprint density at radius 2 is 0.800 bits per heavy atom. The van der Waals surface area contributed by atoms with Gasteiger partial charge in [-0.2, -0.15) is 0 Å². The number of ketones is 1. The summed E-state index contributed by atoms with van der Waals surface area (Å²) in [7, 11) is 0. The number of fused-ring (bicyclic) bond motifs is 2. The maximum atomic E-state index is 14.0. The fourth-order valence-corrected chi connectivity index (χ4v) is 8.32. The van der Waals surface area contributed by atoms with Crippen molar-refractivity contribution in [1.82, 2.24) is 0 Å². The number of hydrogen-bond donors (Lipinski definition) is 0. The molecule has 0 saturated heterocycles. The molecule has 2 aromatic carbocycles. The highest BCUT2D eigenvalue weighted by Crippen LogP contribution is 2.55. The van der Waals surface area contributed by atoms with Crippen molar-refractivity contribution in [2.45, 2.75) is 144 Å². The third-order valence-corrected chi connectivity index (χ3v) is 11.8. The van der Waals surface area contributed by atoms with Crippen LogP contribution in [0, 0.1) is 23.7 Å². The topological polar surface area (TPSA) is 17.1 Å². The summed E-state index contributed by atoms with van der Waals surface area (Å²) in [4.78, 5) is 14.0. The van der Waals surface area contributed by atoms with Crippen LogP contribution in [-0.4, -0.2) is 5.78 Å². The number of hydrogen-bond acceptors (Lipinski definition) is 1. The Hall–Kier alpha value is -1.89. The van der Waals surface area contributed by atoms with Crippen LogP contribution in [-0.2, 0) is 52.1 Å². The summed E-state index contributed by atoms with van der Waals surface area (Å²) < 4.78 is 0. The molecule has 0 N–H and O–H groups in total. The summed E-state index contributed by atoms with van der Waals surface area (Å²) in [5.41, 5.74) is 11.7. The van der Waals surface area contributed by atoms with Crippen LogP contribution in [0.15, 0.2) is 24.3 Å². The molecule has 0 fully saturated rings. The van der Waals surface area contributed by atoms with E-state index in [1.807, 2.05) is 0 Å². The van der Waals surface area contributed by atoms with Gasteiger partial charge in [-0.25, -0.2) is 0 Å². The van der Waals surface area contributed by atoms with E-state index in [-0.39, 0.29) is 21.7 Å². The zero-order valence-corrected chi connectivity index (χ0v) is 28.4. The van der Waals surface area contributed by atoms with E-state index in [1.54, 1.807) is 0 Å². The first-order chi connectivity index (χ1) is 18.2. The smallest absolute Gasteiger partial charge is 0.141 e. The van der Waals surface area contributed by atoms with Gasteiger partial charge in [0.2, 0.25) is 0 Å². The Morgan fingerprint density at radius 1 is 0.550 bits per heavy atom. The highest BCUT2D eigenvalue weighted by atomic mass is 16.1. The largest absolute Gasteiger partial charge is 0.299 e. The van der Waals surface area contributed by atoms with Crippen molar-refractivity contribution in [1.29, 1.82) is 0 Å². The minimum Gasteiger partial charge on any atom is -0.299 e. The average Bonchev–Trinajstić information content (AvgIpc) is 3.03. The first-order valence-corrected chi connectivity index (χ1v) is 16.1. The molecule has 0 aliphatic heterocycles. The Bertz CT molecular complexity index is 1200. The van der Waals surface area contributed by atoms with Crippen molar-refractivity contribution in [3.05, 3.63) is 68.8 Å². The predicted molar refractivity (Wildman–Crippen MR) is 173 cm³/mol. The average molecular weight is 543 g/mol. The monoisotopic (exact) mass is 542 g/mol. The molecule has 2 aromatic rings. The van der Waals surface area contributed by atoms with Crippen LogP contribution in [0.2, 0.25) is 0 Å². The maximum Gasteiger partial charge on any atom is 0.141 e. The van der Waals surface area contributed by atoms with Crippen LogP contribution in [0.25, 0.3) is 0 Å². The van der Waals surface area contributed by atoms with Crippen LogP contribution in [0.4, 0.5) is 0 Å². The van der Waals surface area contributed by atoms with Crippen molar-refractivity contribution < 1.29 is 4.79 Å². The molecule has 1 nitrogen and oxygen atoms in total. The van der Waals surface area contributed by atoms with Crippen LogP contribution in [0.1, 0.15) is 141 Å². The Kier molecular flexibility index (Phi) is 7.87. The second kappa shape index (κ2) is 10.1. The normalized spacial score (nSPS) is 23.5. The molecule has 2 aliphatic rings. The van der Waals surface area contributed by atoms with E-state index in [0.717, 1.165) is 12.8 Å². The van der Waals surface area contributed by atoms with Gasteiger partial charge in [0.1, 0.15) is 5.78 Å². The van der Waals surface area contributed by atoms with Gasteiger partial charge in [0.15, 0.2) is 0 Å². The van der Waals surface area contributed by atoms with Gasteiger partial charge in [-0.05, 0) is 103 Å². The van der Waals surface area contributed by atoms with E-state index in [0.29, 0.717) is 42.3 Å².